The third-order valence-electron chi connectivity index (χ3n) is 2.96. The molecule has 1 saturated carbocycles. The maximum atomic E-state index is 11.1. The fourth-order valence-corrected chi connectivity index (χ4v) is 3.17. The minimum Gasteiger partial charge on any atom is -0.311 e. The summed E-state index contributed by atoms with van der Waals surface area (Å²) in [5.74, 6) is 1.84. The summed E-state index contributed by atoms with van der Waals surface area (Å²) >= 11 is 0. The van der Waals surface area contributed by atoms with Crippen molar-refractivity contribution in [1.82, 2.24) is 5.32 Å². The summed E-state index contributed by atoms with van der Waals surface area (Å²) in [7, 11) is -0.500. The lowest BCUT2D eigenvalue weighted by Crippen LogP contribution is -2.45. The summed E-state index contributed by atoms with van der Waals surface area (Å²) in [4.78, 5) is 0. The van der Waals surface area contributed by atoms with Gasteiger partial charge in [-0.3, -0.25) is 4.21 Å². The SMILES string of the molecule is O=S1CCC(NC2CCC2)CC1. The molecule has 1 aliphatic heterocycles. The van der Waals surface area contributed by atoms with Crippen molar-refractivity contribution in [2.24, 2.45) is 0 Å². The van der Waals surface area contributed by atoms with Crippen molar-refractivity contribution in [3.8, 4) is 0 Å². The van der Waals surface area contributed by atoms with Gasteiger partial charge in [-0.05, 0) is 25.7 Å². The molecular weight excluding hydrogens is 170 g/mol. The molecule has 12 heavy (non-hydrogen) atoms. The van der Waals surface area contributed by atoms with Gasteiger partial charge < -0.3 is 5.32 Å². The van der Waals surface area contributed by atoms with Gasteiger partial charge >= 0.3 is 0 Å². The first-order chi connectivity index (χ1) is 5.84. The van der Waals surface area contributed by atoms with Gasteiger partial charge in [0.25, 0.3) is 0 Å². The van der Waals surface area contributed by atoms with E-state index in [9.17, 15) is 4.21 Å². The van der Waals surface area contributed by atoms with Crippen molar-refractivity contribution in [2.45, 2.75) is 44.2 Å². The predicted octanol–water partition coefficient (Wildman–Crippen LogP) is 1.04. The Hall–Kier alpha value is 0.110. The van der Waals surface area contributed by atoms with Crippen LogP contribution in [0.4, 0.5) is 0 Å². The fourth-order valence-electron chi connectivity index (χ4n) is 1.87. The van der Waals surface area contributed by atoms with Crippen molar-refractivity contribution in [3.63, 3.8) is 0 Å². The summed E-state index contributed by atoms with van der Waals surface area (Å²) in [5, 5.41) is 3.64. The molecule has 0 unspecified atom stereocenters. The van der Waals surface area contributed by atoms with Crippen LogP contribution in [0.1, 0.15) is 32.1 Å². The molecule has 1 aliphatic carbocycles. The van der Waals surface area contributed by atoms with Crippen LogP contribution in [0.5, 0.6) is 0 Å². The van der Waals surface area contributed by atoms with Gasteiger partial charge in [0.05, 0.1) is 0 Å². The summed E-state index contributed by atoms with van der Waals surface area (Å²) < 4.78 is 11.1. The Labute approximate surface area is 76.6 Å². The molecule has 0 aromatic rings. The summed E-state index contributed by atoms with van der Waals surface area (Å²) in [6, 6.07) is 1.47. The van der Waals surface area contributed by atoms with Crippen LogP contribution in [0, 0.1) is 0 Å². The van der Waals surface area contributed by atoms with E-state index in [1.807, 2.05) is 0 Å². The lowest BCUT2D eigenvalue weighted by Gasteiger charge is -2.33. The third kappa shape index (κ3) is 2.07. The van der Waals surface area contributed by atoms with E-state index in [1.54, 1.807) is 0 Å². The molecule has 0 bridgehead atoms. The van der Waals surface area contributed by atoms with Crippen LogP contribution in [0.25, 0.3) is 0 Å². The molecule has 2 nitrogen and oxygen atoms in total. The monoisotopic (exact) mass is 187 g/mol. The molecule has 1 saturated heterocycles. The van der Waals surface area contributed by atoms with Crippen LogP contribution in [-0.4, -0.2) is 27.8 Å². The Balaban J connectivity index is 1.70. The topological polar surface area (TPSA) is 29.1 Å². The number of rotatable bonds is 2. The standard InChI is InChI=1S/C9H17NOS/c11-12-6-4-9(5-7-12)10-8-2-1-3-8/h8-10H,1-7H2. The molecule has 1 heterocycles. The van der Waals surface area contributed by atoms with Gasteiger partial charge in [0, 0.05) is 34.4 Å². The normalized spacial score (nSPS) is 37.7. The smallest absolute Gasteiger partial charge is 0.0249 e. The Morgan fingerprint density at radius 2 is 1.58 bits per heavy atom. The Morgan fingerprint density at radius 3 is 2.08 bits per heavy atom. The minimum atomic E-state index is -0.500. The number of nitrogens with one attached hydrogen (secondary N) is 1. The molecule has 2 aliphatic rings. The van der Waals surface area contributed by atoms with Gasteiger partial charge in [0.15, 0.2) is 0 Å². The Kier molecular flexibility index (Phi) is 2.81. The quantitative estimate of drug-likeness (QED) is 0.700. The van der Waals surface area contributed by atoms with E-state index in [2.05, 4.69) is 5.32 Å². The number of hydrogen-bond acceptors (Lipinski definition) is 2. The molecule has 0 spiro atoms. The first-order valence-corrected chi connectivity index (χ1v) is 6.44. The second-order valence-corrected chi connectivity index (χ2v) is 5.61. The van der Waals surface area contributed by atoms with Crippen molar-refractivity contribution in [2.75, 3.05) is 11.5 Å². The largest absolute Gasteiger partial charge is 0.311 e. The van der Waals surface area contributed by atoms with Crippen LogP contribution in [0.2, 0.25) is 0 Å². The molecule has 0 radical (unpaired) electrons. The molecule has 0 aromatic carbocycles. The average Bonchev–Trinajstić information content (AvgIpc) is 2.00. The first kappa shape index (κ1) is 8.70. The summed E-state index contributed by atoms with van der Waals surface area (Å²) in [5.41, 5.74) is 0. The molecule has 1 N–H and O–H groups in total. The second-order valence-electron chi connectivity index (χ2n) is 3.92. The summed E-state index contributed by atoms with van der Waals surface area (Å²) in [6.45, 7) is 0. The van der Waals surface area contributed by atoms with Crippen LogP contribution in [-0.2, 0) is 10.8 Å². The highest BCUT2D eigenvalue weighted by molar-refractivity contribution is 7.85. The van der Waals surface area contributed by atoms with Gasteiger partial charge in [-0.15, -0.1) is 0 Å². The van der Waals surface area contributed by atoms with Gasteiger partial charge in [-0.25, -0.2) is 0 Å². The molecule has 70 valence electrons. The molecule has 2 fully saturated rings. The van der Waals surface area contributed by atoms with Crippen molar-refractivity contribution in [1.29, 1.82) is 0 Å². The zero-order valence-corrected chi connectivity index (χ0v) is 8.24. The maximum absolute atomic E-state index is 11.1. The van der Waals surface area contributed by atoms with Crippen LogP contribution in [0.3, 0.4) is 0 Å². The van der Waals surface area contributed by atoms with E-state index in [4.69, 9.17) is 0 Å². The van der Waals surface area contributed by atoms with E-state index in [-0.39, 0.29) is 0 Å². The van der Waals surface area contributed by atoms with E-state index < -0.39 is 10.8 Å². The predicted molar refractivity (Wildman–Crippen MR) is 51.7 cm³/mol. The highest BCUT2D eigenvalue weighted by Gasteiger charge is 2.23. The van der Waals surface area contributed by atoms with Gasteiger partial charge in [-0.2, -0.15) is 0 Å². The van der Waals surface area contributed by atoms with Crippen molar-refractivity contribution >= 4 is 10.8 Å². The van der Waals surface area contributed by atoms with Crippen molar-refractivity contribution < 1.29 is 4.21 Å². The Morgan fingerprint density at radius 1 is 1.00 bits per heavy atom. The molecule has 3 heteroatoms. The molecule has 0 atom stereocenters. The molecular formula is C9H17NOS. The van der Waals surface area contributed by atoms with Gasteiger partial charge in [0.1, 0.15) is 0 Å². The van der Waals surface area contributed by atoms with Crippen LogP contribution in [0.15, 0.2) is 0 Å². The third-order valence-corrected chi connectivity index (χ3v) is 4.35. The molecule has 2 rings (SSSR count). The van der Waals surface area contributed by atoms with Crippen molar-refractivity contribution in [3.05, 3.63) is 0 Å². The molecule has 0 aromatic heterocycles. The highest BCUT2D eigenvalue weighted by atomic mass is 32.2. The van der Waals surface area contributed by atoms with Crippen LogP contribution >= 0.6 is 0 Å². The molecule has 0 amide bonds. The highest BCUT2D eigenvalue weighted by Crippen LogP contribution is 2.20. The maximum Gasteiger partial charge on any atom is 0.0249 e. The first-order valence-electron chi connectivity index (χ1n) is 4.95. The van der Waals surface area contributed by atoms with Gasteiger partial charge in [-0.1, -0.05) is 6.42 Å². The number of hydrogen-bond donors (Lipinski definition) is 1. The van der Waals surface area contributed by atoms with E-state index >= 15 is 0 Å². The van der Waals surface area contributed by atoms with Gasteiger partial charge in [0.2, 0.25) is 0 Å². The van der Waals surface area contributed by atoms with E-state index in [0.29, 0.717) is 6.04 Å². The second kappa shape index (κ2) is 3.88. The average molecular weight is 187 g/mol. The summed E-state index contributed by atoms with van der Waals surface area (Å²) in [6.07, 6.45) is 6.38. The van der Waals surface area contributed by atoms with Crippen LogP contribution < -0.4 is 5.32 Å². The zero-order valence-electron chi connectivity index (χ0n) is 7.42. The van der Waals surface area contributed by atoms with E-state index in [0.717, 1.165) is 30.4 Å². The Bertz CT molecular complexity index is 169. The minimum absolute atomic E-state index is 0.500. The fraction of sp³-hybridized carbons (Fsp3) is 1.00. The van der Waals surface area contributed by atoms with E-state index in [1.165, 1.54) is 19.3 Å². The lowest BCUT2D eigenvalue weighted by atomic mass is 9.92. The lowest BCUT2D eigenvalue weighted by molar-refractivity contribution is 0.294. The zero-order chi connectivity index (χ0) is 8.39.